The van der Waals surface area contributed by atoms with Gasteiger partial charge >= 0.3 is 0 Å². The van der Waals surface area contributed by atoms with Crippen LogP contribution in [0.1, 0.15) is 119 Å². The highest BCUT2D eigenvalue weighted by Crippen LogP contribution is 2.73. The summed E-state index contributed by atoms with van der Waals surface area (Å²) in [6.45, 7) is 22.2. The Morgan fingerprint density at radius 1 is 0.905 bits per heavy atom. The lowest BCUT2D eigenvalue weighted by Crippen LogP contribution is -2.64. The van der Waals surface area contributed by atoms with Crippen molar-refractivity contribution in [1.82, 2.24) is 10.2 Å². The Labute approximate surface area is 258 Å². The van der Waals surface area contributed by atoms with E-state index < -0.39 is 9.84 Å². The molecule has 42 heavy (non-hydrogen) atoms. The van der Waals surface area contributed by atoms with Crippen LogP contribution in [0.4, 0.5) is 0 Å². The molecule has 0 spiro atoms. The normalized spacial score (nSPS) is 50.1. The molecule has 6 aliphatic rings. The molecule has 11 unspecified atom stereocenters. The van der Waals surface area contributed by atoms with E-state index in [0.717, 1.165) is 44.3 Å². The summed E-state index contributed by atoms with van der Waals surface area (Å²) in [7, 11) is -2.83. The second kappa shape index (κ2) is 10.8. The van der Waals surface area contributed by atoms with Gasteiger partial charge in [-0.2, -0.15) is 0 Å². The van der Waals surface area contributed by atoms with E-state index in [2.05, 4.69) is 58.3 Å². The molecule has 6 heteroatoms. The molecule has 0 aromatic carbocycles. The van der Waals surface area contributed by atoms with Crippen molar-refractivity contribution < 1.29 is 13.5 Å². The molecule has 4 aliphatic carbocycles. The van der Waals surface area contributed by atoms with Gasteiger partial charge in [-0.1, -0.05) is 46.8 Å². The third-order valence-electron chi connectivity index (χ3n) is 15.4. The average Bonchev–Trinajstić information content (AvgIpc) is 3.46. The minimum Gasteiger partial charge on any atom is -0.393 e. The van der Waals surface area contributed by atoms with Gasteiger partial charge in [0, 0.05) is 31.7 Å². The number of aliphatic hydroxyl groups is 1. The molecule has 2 aliphatic heterocycles. The van der Waals surface area contributed by atoms with Crippen LogP contribution in [0, 0.1) is 45.3 Å². The molecular formula is C36H62N2O3S. The Hall–Kier alpha value is -0.430. The lowest BCUT2D eigenvalue weighted by Gasteiger charge is -2.70. The number of sulfone groups is 1. The molecule has 2 saturated heterocycles. The molecular weight excluding hydrogens is 540 g/mol. The Balaban J connectivity index is 1.20. The number of hydrogen-bond donors (Lipinski definition) is 2. The smallest absolute Gasteiger partial charge is 0.156 e. The van der Waals surface area contributed by atoms with E-state index in [0.29, 0.717) is 39.9 Å². The van der Waals surface area contributed by atoms with Gasteiger partial charge in [-0.15, -0.1) is 0 Å². The molecule has 0 aromatic rings. The van der Waals surface area contributed by atoms with Crippen LogP contribution < -0.4 is 5.32 Å². The van der Waals surface area contributed by atoms with E-state index in [1.807, 2.05) is 0 Å². The molecule has 2 bridgehead atoms. The van der Waals surface area contributed by atoms with Crippen molar-refractivity contribution in [2.24, 2.45) is 45.3 Å². The summed E-state index contributed by atoms with van der Waals surface area (Å²) >= 11 is 0. The maximum absolute atomic E-state index is 12.2. The Kier molecular flexibility index (Phi) is 8.14. The first-order valence-corrected chi connectivity index (χ1v) is 19.4. The third-order valence-corrected chi connectivity index (χ3v) is 17.6. The molecule has 4 saturated carbocycles. The largest absolute Gasteiger partial charge is 0.393 e. The molecule has 6 fully saturated rings. The summed E-state index contributed by atoms with van der Waals surface area (Å²) in [5, 5.41) is 14.9. The van der Waals surface area contributed by atoms with Crippen LogP contribution in [-0.4, -0.2) is 67.2 Å². The van der Waals surface area contributed by atoms with Crippen molar-refractivity contribution in [2.45, 2.75) is 142 Å². The highest BCUT2D eigenvalue weighted by Gasteiger charge is 2.66. The van der Waals surface area contributed by atoms with E-state index in [4.69, 9.17) is 0 Å². The van der Waals surface area contributed by atoms with Gasteiger partial charge in [-0.3, -0.25) is 4.90 Å². The summed E-state index contributed by atoms with van der Waals surface area (Å²) in [4.78, 5) is 2.44. The summed E-state index contributed by atoms with van der Waals surface area (Å²) in [5.74, 6) is 3.07. The fourth-order valence-corrected chi connectivity index (χ4v) is 14.6. The highest BCUT2D eigenvalue weighted by atomic mass is 32.2. The van der Waals surface area contributed by atoms with Gasteiger partial charge in [0.05, 0.1) is 17.1 Å². The fourth-order valence-electron chi connectivity index (χ4n) is 12.5. The van der Waals surface area contributed by atoms with Crippen molar-refractivity contribution in [2.75, 3.05) is 25.4 Å². The summed E-state index contributed by atoms with van der Waals surface area (Å²) in [5.41, 5.74) is 2.33. The molecule has 0 aromatic heterocycles. The summed E-state index contributed by atoms with van der Waals surface area (Å²) in [6.07, 6.45) is 14.4. The molecule has 2 N–H and O–H groups in total. The van der Waals surface area contributed by atoms with Gasteiger partial charge in [-0.05, 0) is 129 Å². The number of hydrogen-bond acceptors (Lipinski definition) is 5. The monoisotopic (exact) mass is 602 g/mol. The predicted octanol–water partition coefficient (Wildman–Crippen LogP) is 6.61. The van der Waals surface area contributed by atoms with Gasteiger partial charge in [0.25, 0.3) is 0 Å². The van der Waals surface area contributed by atoms with Gasteiger partial charge in [0.1, 0.15) is 0 Å². The minimum atomic E-state index is -2.83. The SMILES string of the molecule is C=C(C)C1CCC(NCCN2CC3CC2CS3(=O)=O)CCC2(C)C(CCC3C4(C)CCC(O)C(C)(C)C4CCC32C)C1. The van der Waals surface area contributed by atoms with Gasteiger partial charge < -0.3 is 10.4 Å². The number of nitrogens with one attached hydrogen (secondary N) is 1. The standard InChI is InChI=1S/C36H62N2O3S/c1-24(2)25-8-10-27(37-18-19-38-22-29-21-28(38)23-42(29,40)41)12-16-35(6)26(20-25)9-11-31-34(5)15-14-32(39)33(3,4)30(34)13-17-36(31,35)7/h25-32,37,39H,1,8-23H2,2-7H3. The first kappa shape index (κ1) is 31.5. The topological polar surface area (TPSA) is 69.6 Å². The van der Waals surface area contributed by atoms with E-state index >= 15 is 0 Å². The zero-order chi connectivity index (χ0) is 30.3. The lowest BCUT2D eigenvalue weighted by atomic mass is 9.34. The van der Waals surface area contributed by atoms with Crippen molar-refractivity contribution in [3.05, 3.63) is 12.2 Å². The zero-order valence-electron chi connectivity index (χ0n) is 27.8. The number of likely N-dealkylation sites (tertiary alicyclic amines) is 1. The van der Waals surface area contributed by atoms with E-state index in [1.165, 1.54) is 69.8 Å². The van der Waals surface area contributed by atoms with E-state index in [9.17, 15) is 13.5 Å². The minimum absolute atomic E-state index is 0.00356. The first-order chi connectivity index (χ1) is 19.6. The quantitative estimate of drug-likeness (QED) is 0.347. The highest BCUT2D eigenvalue weighted by molar-refractivity contribution is 7.92. The Morgan fingerprint density at radius 2 is 1.64 bits per heavy atom. The van der Waals surface area contributed by atoms with Crippen LogP contribution in [0.15, 0.2) is 12.2 Å². The predicted molar refractivity (Wildman–Crippen MR) is 173 cm³/mol. The molecule has 2 heterocycles. The van der Waals surface area contributed by atoms with E-state index in [-0.39, 0.29) is 22.8 Å². The van der Waals surface area contributed by atoms with Gasteiger partial charge in [0.15, 0.2) is 9.84 Å². The van der Waals surface area contributed by atoms with Crippen molar-refractivity contribution >= 4 is 9.84 Å². The Bertz CT molecular complexity index is 1150. The summed E-state index contributed by atoms with van der Waals surface area (Å²) in [6, 6.07) is 0.766. The van der Waals surface area contributed by atoms with Crippen LogP contribution in [-0.2, 0) is 9.84 Å². The van der Waals surface area contributed by atoms with Gasteiger partial charge in [-0.25, -0.2) is 8.42 Å². The van der Waals surface area contributed by atoms with Crippen molar-refractivity contribution in [1.29, 1.82) is 0 Å². The number of fused-ring (bicyclic) bond motifs is 7. The molecule has 11 atom stereocenters. The number of aliphatic hydroxyl groups excluding tert-OH is 1. The van der Waals surface area contributed by atoms with Crippen LogP contribution in [0.5, 0.6) is 0 Å². The average molecular weight is 603 g/mol. The van der Waals surface area contributed by atoms with Crippen LogP contribution in [0.25, 0.3) is 0 Å². The molecule has 240 valence electrons. The zero-order valence-corrected chi connectivity index (χ0v) is 28.6. The van der Waals surface area contributed by atoms with Crippen molar-refractivity contribution in [3.8, 4) is 0 Å². The molecule has 0 amide bonds. The second-order valence-electron chi connectivity index (χ2n) is 17.5. The van der Waals surface area contributed by atoms with Crippen molar-refractivity contribution in [3.63, 3.8) is 0 Å². The van der Waals surface area contributed by atoms with Crippen LogP contribution in [0.2, 0.25) is 0 Å². The summed E-state index contributed by atoms with van der Waals surface area (Å²) < 4.78 is 24.5. The van der Waals surface area contributed by atoms with Gasteiger partial charge in [0.2, 0.25) is 0 Å². The Morgan fingerprint density at radius 3 is 2.31 bits per heavy atom. The van der Waals surface area contributed by atoms with Crippen LogP contribution >= 0.6 is 0 Å². The lowest BCUT2D eigenvalue weighted by molar-refractivity contribution is -0.227. The van der Waals surface area contributed by atoms with Crippen LogP contribution in [0.3, 0.4) is 0 Å². The first-order valence-electron chi connectivity index (χ1n) is 17.6. The molecule has 6 rings (SSSR count). The number of nitrogens with zero attached hydrogens (tertiary/aromatic N) is 1. The second-order valence-corrected chi connectivity index (χ2v) is 19.8. The number of rotatable bonds is 5. The molecule has 0 radical (unpaired) electrons. The maximum Gasteiger partial charge on any atom is 0.156 e. The van der Waals surface area contributed by atoms with E-state index in [1.54, 1.807) is 0 Å². The molecule has 5 nitrogen and oxygen atoms in total. The third kappa shape index (κ3) is 4.90. The maximum atomic E-state index is 12.2. The number of allylic oxidation sites excluding steroid dienone is 1. The fraction of sp³-hybridized carbons (Fsp3) is 0.944.